The van der Waals surface area contributed by atoms with Crippen molar-refractivity contribution in [1.82, 2.24) is 0 Å². The number of nitrogens with one attached hydrogen (secondary N) is 1. The van der Waals surface area contributed by atoms with E-state index >= 15 is 0 Å². The number of rotatable bonds is 3. The third-order valence-electron chi connectivity index (χ3n) is 2.67. The van der Waals surface area contributed by atoms with Gasteiger partial charge in [0.15, 0.2) is 0 Å². The van der Waals surface area contributed by atoms with Gasteiger partial charge in [-0.15, -0.1) is 0 Å². The number of nitrogens with two attached hydrogens (primary N) is 1. The van der Waals surface area contributed by atoms with Crippen LogP contribution < -0.4 is 11.1 Å². The van der Waals surface area contributed by atoms with Gasteiger partial charge < -0.3 is 11.1 Å². The normalized spacial score (nSPS) is 10.1. The van der Waals surface area contributed by atoms with Crippen molar-refractivity contribution in [2.75, 3.05) is 5.32 Å². The van der Waals surface area contributed by atoms with E-state index in [2.05, 4.69) is 34.2 Å². The van der Waals surface area contributed by atoms with Gasteiger partial charge in [-0.2, -0.15) is 0 Å². The highest BCUT2D eigenvalue weighted by molar-refractivity contribution is 9.10. The number of hydrogen-bond donors (Lipinski definition) is 2. The van der Waals surface area contributed by atoms with Crippen molar-refractivity contribution in [3.8, 4) is 0 Å². The third kappa shape index (κ3) is 2.89. The lowest BCUT2D eigenvalue weighted by molar-refractivity contribution is 1.42. The second kappa shape index (κ2) is 5.50. The highest BCUT2D eigenvalue weighted by atomic mass is 79.9. The zero-order chi connectivity index (χ0) is 13.1. The number of para-hydroxylation sites is 1. The first-order valence-electron chi connectivity index (χ1n) is 5.50. The number of aryl methyl sites for hydroxylation is 1. The molecule has 0 heterocycles. The van der Waals surface area contributed by atoms with Gasteiger partial charge in [-0.05, 0) is 52.7 Å². The second-order valence-corrected chi connectivity index (χ2v) is 5.29. The van der Waals surface area contributed by atoms with Gasteiger partial charge in [-0.25, -0.2) is 0 Å². The van der Waals surface area contributed by atoms with E-state index in [0.717, 1.165) is 21.4 Å². The van der Waals surface area contributed by atoms with Crippen molar-refractivity contribution < 1.29 is 0 Å². The Morgan fingerprint density at radius 1 is 1.17 bits per heavy atom. The van der Waals surface area contributed by atoms with Gasteiger partial charge in [-0.1, -0.05) is 30.4 Å². The summed E-state index contributed by atoms with van der Waals surface area (Å²) in [5, 5.41) is 3.38. The molecule has 0 aliphatic rings. The van der Waals surface area contributed by atoms with Crippen molar-refractivity contribution in [2.45, 2.75) is 6.92 Å². The summed E-state index contributed by atoms with van der Waals surface area (Å²) < 4.78 is 0.941. The van der Waals surface area contributed by atoms with E-state index in [1.807, 2.05) is 36.4 Å². The minimum atomic E-state index is 0.401. The molecular weight excluding hydrogens is 308 g/mol. The standard InChI is InChI=1S/C14H13BrN2S/c1-9-4-2-3-5-12(9)17-13-7-6-10(14(16)18)8-11(13)15/h2-8,17H,1H3,(H2,16,18). The van der Waals surface area contributed by atoms with E-state index in [0.29, 0.717) is 4.99 Å². The molecule has 2 rings (SSSR count). The van der Waals surface area contributed by atoms with Gasteiger partial charge in [0, 0.05) is 15.7 Å². The Labute approximate surface area is 120 Å². The van der Waals surface area contributed by atoms with E-state index in [9.17, 15) is 0 Å². The number of benzene rings is 2. The quantitative estimate of drug-likeness (QED) is 0.835. The van der Waals surface area contributed by atoms with E-state index in [1.165, 1.54) is 5.56 Å². The van der Waals surface area contributed by atoms with Crippen LogP contribution in [0.5, 0.6) is 0 Å². The van der Waals surface area contributed by atoms with Crippen molar-refractivity contribution in [1.29, 1.82) is 0 Å². The van der Waals surface area contributed by atoms with Gasteiger partial charge in [0.2, 0.25) is 0 Å². The summed E-state index contributed by atoms with van der Waals surface area (Å²) in [7, 11) is 0. The first-order valence-corrected chi connectivity index (χ1v) is 6.70. The second-order valence-electron chi connectivity index (χ2n) is 4.00. The molecule has 92 valence electrons. The lowest BCUT2D eigenvalue weighted by Gasteiger charge is -2.12. The predicted molar refractivity (Wildman–Crippen MR) is 84.5 cm³/mol. The molecule has 4 heteroatoms. The van der Waals surface area contributed by atoms with Crippen molar-refractivity contribution >= 4 is 44.5 Å². The molecule has 0 saturated heterocycles. The number of anilines is 2. The Bertz CT molecular complexity index is 596. The molecule has 0 spiro atoms. The maximum absolute atomic E-state index is 5.60. The van der Waals surface area contributed by atoms with Crippen LogP contribution in [0.1, 0.15) is 11.1 Å². The molecule has 0 radical (unpaired) electrons. The van der Waals surface area contributed by atoms with Gasteiger partial charge in [-0.3, -0.25) is 0 Å². The Balaban J connectivity index is 2.30. The van der Waals surface area contributed by atoms with Crippen LogP contribution in [0, 0.1) is 6.92 Å². The largest absolute Gasteiger partial charge is 0.389 e. The summed E-state index contributed by atoms with van der Waals surface area (Å²) in [6.45, 7) is 2.07. The summed E-state index contributed by atoms with van der Waals surface area (Å²) >= 11 is 8.47. The van der Waals surface area contributed by atoms with E-state index < -0.39 is 0 Å². The highest BCUT2D eigenvalue weighted by Gasteiger charge is 2.04. The molecule has 0 fully saturated rings. The number of thiocarbonyl (C=S) groups is 1. The summed E-state index contributed by atoms with van der Waals surface area (Å²) in [5.41, 5.74) is 9.73. The Kier molecular flexibility index (Phi) is 3.99. The summed E-state index contributed by atoms with van der Waals surface area (Å²) in [5.74, 6) is 0. The molecule has 2 aromatic carbocycles. The lowest BCUT2D eigenvalue weighted by Crippen LogP contribution is -2.09. The Hall–Kier alpha value is -1.39. The van der Waals surface area contributed by atoms with Gasteiger partial charge >= 0.3 is 0 Å². The maximum atomic E-state index is 5.60. The van der Waals surface area contributed by atoms with Crippen LogP contribution in [0.3, 0.4) is 0 Å². The highest BCUT2D eigenvalue weighted by Crippen LogP contribution is 2.28. The topological polar surface area (TPSA) is 38.0 Å². The zero-order valence-electron chi connectivity index (χ0n) is 9.91. The predicted octanol–water partition coefficient (Wildman–Crippen LogP) is 4.14. The molecule has 0 bridgehead atoms. The van der Waals surface area contributed by atoms with E-state index in [1.54, 1.807) is 0 Å². The van der Waals surface area contributed by atoms with E-state index in [4.69, 9.17) is 18.0 Å². The Morgan fingerprint density at radius 3 is 2.50 bits per heavy atom. The van der Waals surface area contributed by atoms with Gasteiger partial charge in [0.1, 0.15) is 4.99 Å². The van der Waals surface area contributed by atoms with Crippen LogP contribution in [-0.4, -0.2) is 4.99 Å². The van der Waals surface area contributed by atoms with E-state index in [-0.39, 0.29) is 0 Å². The molecule has 3 N–H and O–H groups in total. The fourth-order valence-electron chi connectivity index (χ4n) is 1.63. The van der Waals surface area contributed by atoms with Crippen LogP contribution in [0.4, 0.5) is 11.4 Å². The molecule has 2 nitrogen and oxygen atoms in total. The lowest BCUT2D eigenvalue weighted by atomic mass is 10.1. The van der Waals surface area contributed by atoms with Crippen molar-refractivity contribution in [2.24, 2.45) is 5.73 Å². The minimum absolute atomic E-state index is 0.401. The summed E-state index contributed by atoms with van der Waals surface area (Å²) in [6.07, 6.45) is 0. The zero-order valence-corrected chi connectivity index (χ0v) is 12.3. The molecule has 0 atom stereocenters. The molecule has 0 amide bonds. The summed E-state index contributed by atoms with van der Waals surface area (Å²) in [4.78, 5) is 0.401. The molecule has 0 unspecified atom stereocenters. The summed E-state index contributed by atoms with van der Waals surface area (Å²) in [6, 6.07) is 13.9. The molecule has 2 aromatic rings. The monoisotopic (exact) mass is 320 g/mol. The Morgan fingerprint density at radius 2 is 1.89 bits per heavy atom. The van der Waals surface area contributed by atoms with Crippen LogP contribution >= 0.6 is 28.1 Å². The van der Waals surface area contributed by atoms with Crippen molar-refractivity contribution in [3.05, 3.63) is 58.1 Å². The van der Waals surface area contributed by atoms with Crippen LogP contribution in [0.2, 0.25) is 0 Å². The number of halogens is 1. The average Bonchev–Trinajstić information content (AvgIpc) is 2.34. The fraction of sp³-hybridized carbons (Fsp3) is 0.0714. The molecular formula is C14H13BrN2S. The van der Waals surface area contributed by atoms with Gasteiger partial charge in [0.25, 0.3) is 0 Å². The van der Waals surface area contributed by atoms with Crippen LogP contribution in [0.25, 0.3) is 0 Å². The first kappa shape index (κ1) is 13.1. The van der Waals surface area contributed by atoms with Crippen molar-refractivity contribution in [3.63, 3.8) is 0 Å². The molecule has 0 aliphatic carbocycles. The molecule has 18 heavy (non-hydrogen) atoms. The minimum Gasteiger partial charge on any atom is -0.389 e. The first-order chi connectivity index (χ1) is 8.58. The molecule has 0 saturated carbocycles. The van der Waals surface area contributed by atoms with Gasteiger partial charge in [0.05, 0.1) is 5.69 Å². The number of hydrogen-bond acceptors (Lipinski definition) is 2. The fourth-order valence-corrected chi connectivity index (χ4v) is 2.23. The maximum Gasteiger partial charge on any atom is 0.104 e. The van der Waals surface area contributed by atoms with Crippen LogP contribution in [-0.2, 0) is 0 Å². The SMILES string of the molecule is Cc1ccccc1Nc1ccc(C(N)=S)cc1Br. The smallest absolute Gasteiger partial charge is 0.104 e. The average molecular weight is 321 g/mol. The molecule has 0 aromatic heterocycles. The third-order valence-corrected chi connectivity index (χ3v) is 3.56. The molecule has 0 aliphatic heterocycles. The van der Waals surface area contributed by atoms with Crippen LogP contribution in [0.15, 0.2) is 46.9 Å².